The van der Waals surface area contributed by atoms with Crippen LogP contribution in [0.5, 0.6) is 0 Å². The van der Waals surface area contributed by atoms with E-state index in [9.17, 15) is 9.90 Å². The van der Waals surface area contributed by atoms with E-state index in [2.05, 4.69) is 83.4 Å². The molecule has 1 aromatic heterocycles. The second-order valence-corrected chi connectivity index (χ2v) is 16.4. The molecule has 1 fully saturated rings. The number of nitrogens with one attached hydrogen (secondary N) is 1. The Balaban J connectivity index is 1.17. The first-order valence-corrected chi connectivity index (χ1v) is 22.4. The maximum atomic E-state index is 13.2. The van der Waals surface area contributed by atoms with Crippen LogP contribution in [0.1, 0.15) is 143 Å². The van der Waals surface area contributed by atoms with Gasteiger partial charge in [0.05, 0.1) is 36.0 Å². The second-order valence-electron chi connectivity index (χ2n) is 16.4. The van der Waals surface area contributed by atoms with Crippen molar-refractivity contribution in [3.63, 3.8) is 0 Å². The first-order chi connectivity index (χ1) is 29.0. The molecule has 1 amide bonds. The fourth-order valence-electron chi connectivity index (χ4n) is 8.22. The summed E-state index contributed by atoms with van der Waals surface area (Å²) in [5.41, 5.74) is 7.81. The topological polar surface area (TPSA) is 96.8 Å². The van der Waals surface area contributed by atoms with E-state index in [0.29, 0.717) is 17.8 Å². The Bertz CT molecular complexity index is 1990. The number of rotatable bonds is 23. The number of nitrogens with zero attached hydrogens (tertiary/aromatic N) is 3. The molecule has 0 saturated carbocycles. The molecule has 6 rings (SSSR count). The van der Waals surface area contributed by atoms with E-state index >= 15 is 0 Å². The minimum absolute atomic E-state index is 0.0164. The SMILES string of the molecule is CCCCCCCCN(CCCCCCCC)CC1OC(c2ccc(-c3ccccc3CNC(=O)c3cnc4ccccc4n3)cc2)OC(c2ccc(CO)cc2)C1C. The van der Waals surface area contributed by atoms with Crippen LogP contribution in [-0.4, -0.2) is 51.6 Å². The summed E-state index contributed by atoms with van der Waals surface area (Å²) in [6.07, 6.45) is 16.3. The van der Waals surface area contributed by atoms with Crippen LogP contribution in [0.15, 0.2) is 103 Å². The largest absolute Gasteiger partial charge is 0.392 e. The Morgan fingerprint density at radius 2 is 1.32 bits per heavy atom. The molecule has 0 spiro atoms. The number of aliphatic hydroxyl groups is 1. The number of ether oxygens (including phenoxy) is 2. The average Bonchev–Trinajstić information content (AvgIpc) is 3.28. The molecule has 1 saturated heterocycles. The van der Waals surface area contributed by atoms with Crippen molar-refractivity contribution in [2.24, 2.45) is 5.92 Å². The van der Waals surface area contributed by atoms with Crippen LogP contribution < -0.4 is 5.32 Å². The summed E-state index contributed by atoms with van der Waals surface area (Å²) in [4.78, 5) is 24.7. The van der Waals surface area contributed by atoms with E-state index < -0.39 is 6.29 Å². The summed E-state index contributed by atoms with van der Waals surface area (Å²) >= 11 is 0. The van der Waals surface area contributed by atoms with Crippen LogP contribution in [0.25, 0.3) is 22.2 Å². The van der Waals surface area contributed by atoms with Gasteiger partial charge in [0.15, 0.2) is 6.29 Å². The fourth-order valence-corrected chi connectivity index (χ4v) is 8.22. The number of para-hydroxylation sites is 2. The van der Waals surface area contributed by atoms with Crippen molar-refractivity contribution < 1.29 is 19.4 Å². The minimum atomic E-state index is -0.532. The van der Waals surface area contributed by atoms with E-state index in [0.717, 1.165) is 58.5 Å². The zero-order chi connectivity index (χ0) is 41.2. The van der Waals surface area contributed by atoms with Crippen molar-refractivity contribution in [2.45, 2.75) is 129 Å². The van der Waals surface area contributed by atoms with Gasteiger partial charge in [-0.2, -0.15) is 0 Å². The summed E-state index contributed by atoms with van der Waals surface area (Å²) in [6.45, 7) is 10.3. The van der Waals surface area contributed by atoms with Crippen molar-refractivity contribution in [1.82, 2.24) is 20.2 Å². The van der Waals surface area contributed by atoms with Crippen LogP contribution >= 0.6 is 0 Å². The standard InChI is InChI=1S/C51H66N4O4/c1-4-6-8-10-12-18-32-55(33-19-13-11-9-7-5-2)36-48-38(3)49(41-26-24-39(37-56)25-27-41)59-51(58-48)42-30-28-40(29-31-42)44-21-15-14-20-43(44)34-53-50(57)47-35-52-45-22-16-17-23-46(45)54-47/h14-17,20-31,35,38,48-49,51,56H,4-13,18-19,32-34,36-37H2,1-3H3,(H,53,57). The summed E-state index contributed by atoms with van der Waals surface area (Å²) < 4.78 is 13.8. The number of hydrogen-bond acceptors (Lipinski definition) is 7. The summed E-state index contributed by atoms with van der Waals surface area (Å²) in [5, 5.41) is 12.8. The molecule has 1 aliphatic heterocycles. The monoisotopic (exact) mass is 799 g/mol. The smallest absolute Gasteiger partial charge is 0.271 e. The molecule has 2 N–H and O–H groups in total. The van der Waals surface area contributed by atoms with Gasteiger partial charge in [-0.15, -0.1) is 0 Å². The van der Waals surface area contributed by atoms with E-state index in [-0.39, 0.29) is 30.6 Å². The molecule has 4 aromatic carbocycles. The van der Waals surface area contributed by atoms with Gasteiger partial charge in [-0.3, -0.25) is 9.78 Å². The van der Waals surface area contributed by atoms with Crippen molar-refractivity contribution in [3.8, 4) is 11.1 Å². The highest BCUT2D eigenvalue weighted by Crippen LogP contribution is 2.42. The zero-order valence-electron chi connectivity index (χ0n) is 35.7. The number of amides is 1. The van der Waals surface area contributed by atoms with E-state index in [4.69, 9.17) is 9.47 Å². The highest BCUT2D eigenvalue weighted by molar-refractivity contribution is 5.93. The fraction of sp³-hybridized carbons (Fsp3) is 0.471. The van der Waals surface area contributed by atoms with Gasteiger partial charge in [-0.25, -0.2) is 4.98 Å². The van der Waals surface area contributed by atoms with Crippen LogP contribution in [0.4, 0.5) is 0 Å². The quantitative estimate of drug-likeness (QED) is 0.0635. The van der Waals surface area contributed by atoms with Crippen molar-refractivity contribution in [1.29, 1.82) is 0 Å². The third kappa shape index (κ3) is 12.8. The molecule has 0 bridgehead atoms. The van der Waals surface area contributed by atoms with E-state index in [1.165, 1.54) is 83.2 Å². The van der Waals surface area contributed by atoms with Gasteiger partial charge in [-0.05, 0) is 65.9 Å². The van der Waals surface area contributed by atoms with Gasteiger partial charge in [0.1, 0.15) is 5.69 Å². The molecule has 4 unspecified atom stereocenters. The summed E-state index contributed by atoms with van der Waals surface area (Å²) in [7, 11) is 0. The van der Waals surface area contributed by atoms with Gasteiger partial charge in [0.2, 0.25) is 0 Å². The lowest BCUT2D eigenvalue weighted by molar-refractivity contribution is -0.276. The number of unbranched alkanes of at least 4 members (excludes halogenated alkanes) is 10. The number of benzene rings is 4. The van der Waals surface area contributed by atoms with Crippen LogP contribution in [0.3, 0.4) is 0 Å². The molecular formula is C51H66N4O4. The first kappa shape index (κ1) is 44.1. The predicted molar refractivity (Wildman–Crippen MR) is 239 cm³/mol. The highest BCUT2D eigenvalue weighted by Gasteiger charge is 2.39. The number of carbonyl (C=O) groups excluding carboxylic acids is 1. The van der Waals surface area contributed by atoms with Gasteiger partial charge < -0.3 is 24.8 Å². The summed E-state index contributed by atoms with van der Waals surface area (Å²) in [6, 6.07) is 32.4. The first-order valence-electron chi connectivity index (χ1n) is 22.4. The van der Waals surface area contributed by atoms with Crippen LogP contribution in [-0.2, 0) is 22.6 Å². The Kier molecular flexibility index (Phi) is 17.5. The lowest BCUT2D eigenvalue weighted by Crippen LogP contribution is -2.45. The minimum Gasteiger partial charge on any atom is -0.392 e. The number of fused-ring (bicyclic) bond motifs is 1. The van der Waals surface area contributed by atoms with Crippen LogP contribution in [0, 0.1) is 5.92 Å². The number of carbonyl (C=O) groups is 1. The maximum Gasteiger partial charge on any atom is 0.271 e. The normalized spacial score (nSPS) is 18.1. The molecule has 8 nitrogen and oxygen atoms in total. The third-order valence-corrected chi connectivity index (χ3v) is 11.8. The Morgan fingerprint density at radius 3 is 2.00 bits per heavy atom. The molecule has 0 aliphatic carbocycles. The lowest BCUT2D eigenvalue weighted by Gasteiger charge is -2.43. The Hall–Kier alpha value is -4.47. The van der Waals surface area contributed by atoms with Crippen LogP contribution in [0.2, 0.25) is 0 Å². The third-order valence-electron chi connectivity index (χ3n) is 11.8. The van der Waals surface area contributed by atoms with Crippen molar-refractivity contribution in [3.05, 3.63) is 131 Å². The molecule has 5 aromatic rings. The highest BCUT2D eigenvalue weighted by atomic mass is 16.7. The lowest BCUT2D eigenvalue weighted by atomic mass is 9.89. The molecular weight excluding hydrogens is 733 g/mol. The van der Waals surface area contributed by atoms with Crippen molar-refractivity contribution >= 4 is 16.9 Å². The Morgan fingerprint density at radius 1 is 0.712 bits per heavy atom. The van der Waals surface area contributed by atoms with Crippen molar-refractivity contribution in [2.75, 3.05) is 19.6 Å². The molecule has 2 heterocycles. The molecule has 0 radical (unpaired) electrons. The number of aromatic nitrogens is 2. The average molecular weight is 799 g/mol. The van der Waals surface area contributed by atoms with Gasteiger partial charge >= 0.3 is 0 Å². The maximum absolute atomic E-state index is 13.2. The summed E-state index contributed by atoms with van der Waals surface area (Å²) in [5.74, 6) is -0.133. The Labute approximate surface area is 352 Å². The zero-order valence-corrected chi connectivity index (χ0v) is 35.7. The molecule has 8 heteroatoms. The second kappa shape index (κ2) is 23.4. The molecule has 314 valence electrons. The predicted octanol–water partition coefficient (Wildman–Crippen LogP) is 11.5. The van der Waals surface area contributed by atoms with Gasteiger partial charge in [0, 0.05) is 24.6 Å². The molecule has 1 aliphatic rings. The van der Waals surface area contributed by atoms with Gasteiger partial charge in [0.25, 0.3) is 5.91 Å². The van der Waals surface area contributed by atoms with E-state index in [1.54, 1.807) is 0 Å². The number of hydrogen-bond donors (Lipinski definition) is 2. The van der Waals surface area contributed by atoms with Gasteiger partial charge in [-0.1, -0.05) is 170 Å². The number of aliphatic hydroxyl groups excluding tert-OH is 1. The molecule has 4 atom stereocenters. The molecule has 59 heavy (non-hydrogen) atoms. The van der Waals surface area contributed by atoms with E-state index in [1.807, 2.05) is 54.6 Å².